The van der Waals surface area contributed by atoms with Crippen molar-refractivity contribution in [2.24, 2.45) is 5.92 Å². The summed E-state index contributed by atoms with van der Waals surface area (Å²) in [4.78, 5) is 0. The first-order valence-corrected chi connectivity index (χ1v) is 3.75. The molecule has 0 aromatic carbocycles. The molecule has 0 radical (unpaired) electrons. The standard InChI is InChI=1S/C7H12FN.ClH/c8-6-3-4-9-7-2-1-5(6)7;/h5-7,9H,1-4H2;1H. The molecule has 0 aromatic rings. The lowest BCUT2D eigenvalue weighted by Gasteiger charge is -2.43. The van der Waals surface area contributed by atoms with Gasteiger partial charge in [-0.15, -0.1) is 12.4 Å². The van der Waals surface area contributed by atoms with Crippen LogP contribution in [0.25, 0.3) is 0 Å². The summed E-state index contributed by atoms with van der Waals surface area (Å²) in [5.41, 5.74) is 0. The average molecular weight is 166 g/mol. The fraction of sp³-hybridized carbons (Fsp3) is 1.00. The van der Waals surface area contributed by atoms with E-state index in [0.717, 1.165) is 19.4 Å². The molecule has 3 atom stereocenters. The van der Waals surface area contributed by atoms with Gasteiger partial charge in [0.15, 0.2) is 0 Å². The molecule has 0 aromatic heterocycles. The third kappa shape index (κ3) is 1.15. The predicted octanol–water partition coefficient (Wildman–Crippen LogP) is 1.52. The van der Waals surface area contributed by atoms with E-state index in [0.29, 0.717) is 12.0 Å². The SMILES string of the molecule is Cl.FC1CCNC2CCC12. The second-order valence-electron chi connectivity index (χ2n) is 3.11. The Morgan fingerprint density at radius 2 is 2.00 bits per heavy atom. The van der Waals surface area contributed by atoms with Crippen LogP contribution in [-0.2, 0) is 0 Å². The van der Waals surface area contributed by atoms with E-state index in [-0.39, 0.29) is 12.4 Å². The molecule has 1 saturated heterocycles. The summed E-state index contributed by atoms with van der Waals surface area (Å²) in [7, 11) is 0. The Kier molecular flexibility index (Phi) is 2.53. The fourth-order valence-corrected chi connectivity index (χ4v) is 1.83. The summed E-state index contributed by atoms with van der Waals surface area (Å²) in [5, 5.41) is 3.31. The van der Waals surface area contributed by atoms with Crippen molar-refractivity contribution in [3.63, 3.8) is 0 Å². The lowest BCUT2D eigenvalue weighted by atomic mass is 9.73. The van der Waals surface area contributed by atoms with Crippen LogP contribution in [0.5, 0.6) is 0 Å². The molecule has 0 bridgehead atoms. The Morgan fingerprint density at radius 1 is 1.20 bits per heavy atom. The van der Waals surface area contributed by atoms with Gasteiger partial charge in [-0.2, -0.15) is 0 Å². The molecule has 10 heavy (non-hydrogen) atoms. The van der Waals surface area contributed by atoms with Gasteiger partial charge in [0, 0.05) is 12.0 Å². The maximum atomic E-state index is 12.8. The Hall–Kier alpha value is 0.180. The molecular weight excluding hydrogens is 153 g/mol. The minimum atomic E-state index is -0.495. The van der Waals surface area contributed by atoms with Gasteiger partial charge in [-0.3, -0.25) is 0 Å². The van der Waals surface area contributed by atoms with Gasteiger partial charge in [-0.1, -0.05) is 0 Å². The van der Waals surface area contributed by atoms with Crippen LogP contribution in [-0.4, -0.2) is 18.8 Å². The van der Waals surface area contributed by atoms with Crippen molar-refractivity contribution in [1.29, 1.82) is 0 Å². The van der Waals surface area contributed by atoms with Crippen LogP contribution in [0.2, 0.25) is 0 Å². The summed E-state index contributed by atoms with van der Waals surface area (Å²) >= 11 is 0. The zero-order valence-corrected chi connectivity index (χ0v) is 6.66. The van der Waals surface area contributed by atoms with Gasteiger partial charge in [0.2, 0.25) is 0 Å². The van der Waals surface area contributed by atoms with E-state index in [4.69, 9.17) is 0 Å². The van der Waals surface area contributed by atoms with E-state index in [1.165, 1.54) is 6.42 Å². The molecule has 1 heterocycles. The fourth-order valence-electron chi connectivity index (χ4n) is 1.83. The highest BCUT2D eigenvalue weighted by atomic mass is 35.5. The largest absolute Gasteiger partial charge is 0.313 e. The van der Waals surface area contributed by atoms with Crippen molar-refractivity contribution in [3.8, 4) is 0 Å². The summed E-state index contributed by atoms with van der Waals surface area (Å²) < 4.78 is 12.8. The van der Waals surface area contributed by atoms with E-state index in [1.54, 1.807) is 0 Å². The number of halogens is 2. The predicted molar refractivity (Wildman–Crippen MR) is 41.3 cm³/mol. The van der Waals surface area contributed by atoms with E-state index in [1.807, 2.05) is 0 Å². The monoisotopic (exact) mass is 165 g/mol. The molecule has 60 valence electrons. The van der Waals surface area contributed by atoms with Crippen molar-refractivity contribution < 1.29 is 4.39 Å². The van der Waals surface area contributed by atoms with Gasteiger partial charge in [-0.25, -0.2) is 4.39 Å². The second-order valence-corrected chi connectivity index (χ2v) is 3.11. The molecule has 1 aliphatic heterocycles. The van der Waals surface area contributed by atoms with Crippen LogP contribution in [0.4, 0.5) is 4.39 Å². The van der Waals surface area contributed by atoms with E-state index in [9.17, 15) is 4.39 Å². The normalized spacial score (nSPS) is 44.7. The van der Waals surface area contributed by atoms with Crippen molar-refractivity contribution in [2.75, 3.05) is 6.54 Å². The van der Waals surface area contributed by atoms with Crippen LogP contribution >= 0.6 is 12.4 Å². The summed E-state index contributed by atoms with van der Waals surface area (Å²) in [5.74, 6) is 0.374. The summed E-state index contributed by atoms with van der Waals surface area (Å²) in [6.45, 7) is 0.891. The second kappa shape index (κ2) is 3.05. The van der Waals surface area contributed by atoms with Crippen LogP contribution in [0.15, 0.2) is 0 Å². The number of nitrogens with one attached hydrogen (secondary N) is 1. The minimum Gasteiger partial charge on any atom is -0.313 e. The average Bonchev–Trinajstić information content (AvgIpc) is 1.74. The molecule has 2 fully saturated rings. The Balaban J connectivity index is 0.000000500. The first-order valence-electron chi connectivity index (χ1n) is 3.75. The molecule has 2 aliphatic rings. The summed E-state index contributed by atoms with van der Waals surface area (Å²) in [6, 6.07) is 0.536. The molecule has 2 rings (SSSR count). The van der Waals surface area contributed by atoms with Crippen LogP contribution < -0.4 is 5.32 Å². The molecule has 1 aliphatic carbocycles. The van der Waals surface area contributed by atoms with Crippen molar-refractivity contribution >= 4 is 12.4 Å². The van der Waals surface area contributed by atoms with E-state index in [2.05, 4.69) is 5.32 Å². The Bertz CT molecular complexity index is 114. The quantitative estimate of drug-likeness (QED) is 0.574. The number of fused-ring (bicyclic) bond motifs is 1. The first kappa shape index (κ1) is 8.28. The van der Waals surface area contributed by atoms with Crippen LogP contribution in [0, 0.1) is 5.92 Å². The molecule has 1 N–H and O–H groups in total. The van der Waals surface area contributed by atoms with Gasteiger partial charge in [0.25, 0.3) is 0 Å². The van der Waals surface area contributed by atoms with Crippen molar-refractivity contribution in [2.45, 2.75) is 31.5 Å². The van der Waals surface area contributed by atoms with Crippen LogP contribution in [0.3, 0.4) is 0 Å². The van der Waals surface area contributed by atoms with Gasteiger partial charge in [-0.05, 0) is 25.8 Å². The molecule has 3 heteroatoms. The van der Waals surface area contributed by atoms with E-state index >= 15 is 0 Å². The summed E-state index contributed by atoms with van der Waals surface area (Å²) in [6.07, 6.45) is 2.55. The third-order valence-electron chi connectivity index (χ3n) is 2.62. The smallest absolute Gasteiger partial charge is 0.106 e. The van der Waals surface area contributed by atoms with E-state index < -0.39 is 6.17 Å². The molecule has 3 unspecified atom stereocenters. The maximum Gasteiger partial charge on any atom is 0.106 e. The topological polar surface area (TPSA) is 12.0 Å². The highest BCUT2D eigenvalue weighted by molar-refractivity contribution is 5.85. The zero-order chi connectivity index (χ0) is 6.27. The van der Waals surface area contributed by atoms with Gasteiger partial charge in [0.05, 0.1) is 0 Å². The van der Waals surface area contributed by atoms with Gasteiger partial charge < -0.3 is 5.32 Å². The van der Waals surface area contributed by atoms with Gasteiger partial charge >= 0.3 is 0 Å². The molecular formula is C7H13ClFN. The molecule has 0 spiro atoms. The Morgan fingerprint density at radius 3 is 2.40 bits per heavy atom. The zero-order valence-electron chi connectivity index (χ0n) is 5.85. The number of hydrogen-bond donors (Lipinski definition) is 1. The molecule has 1 saturated carbocycles. The molecule has 1 nitrogen and oxygen atoms in total. The third-order valence-corrected chi connectivity index (χ3v) is 2.62. The number of hydrogen-bond acceptors (Lipinski definition) is 1. The Labute approximate surface area is 66.8 Å². The number of piperidine rings is 1. The highest BCUT2D eigenvalue weighted by Crippen LogP contribution is 2.35. The maximum absolute atomic E-state index is 12.8. The van der Waals surface area contributed by atoms with Crippen molar-refractivity contribution in [3.05, 3.63) is 0 Å². The minimum absolute atomic E-state index is 0. The first-order chi connectivity index (χ1) is 4.38. The number of alkyl halides is 1. The molecule has 0 amide bonds. The lowest BCUT2D eigenvalue weighted by molar-refractivity contribution is 0.0617. The highest BCUT2D eigenvalue weighted by Gasteiger charge is 2.39. The lowest BCUT2D eigenvalue weighted by Crippen LogP contribution is -2.53. The number of rotatable bonds is 0. The van der Waals surface area contributed by atoms with Gasteiger partial charge in [0.1, 0.15) is 6.17 Å². The van der Waals surface area contributed by atoms with Crippen molar-refractivity contribution in [1.82, 2.24) is 5.32 Å². The van der Waals surface area contributed by atoms with Crippen LogP contribution in [0.1, 0.15) is 19.3 Å².